The lowest BCUT2D eigenvalue weighted by molar-refractivity contribution is 0.0914. The molecule has 1 saturated heterocycles. The molecule has 1 fully saturated rings. The lowest BCUT2D eigenvalue weighted by Gasteiger charge is -2.32. The normalized spacial score (nSPS) is 21.2. The number of fused-ring (bicyclic) bond motifs is 2. The standard InChI is InChI=1S/C14H13Cl2FN4O2/c15-11-9(17)10-8-12(20-14(16)18-10)21-3-1-2-4-22-5-7(21)6-23-13(8)19-11/h7H,1-6H2/t7-/m0/s1. The Morgan fingerprint density at radius 3 is 2.87 bits per heavy atom. The van der Waals surface area contributed by atoms with Crippen LogP contribution in [-0.2, 0) is 4.74 Å². The zero-order valence-corrected chi connectivity index (χ0v) is 13.6. The fourth-order valence-corrected chi connectivity index (χ4v) is 3.28. The predicted octanol–water partition coefficient (Wildman–Crippen LogP) is 2.85. The van der Waals surface area contributed by atoms with Gasteiger partial charge in [0.05, 0.1) is 12.6 Å². The average molecular weight is 359 g/mol. The first kappa shape index (κ1) is 15.1. The first-order chi connectivity index (χ1) is 11.1. The van der Waals surface area contributed by atoms with Crippen LogP contribution in [0.25, 0.3) is 10.9 Å². The Labute approximate surface area is 141 Å². The maximum absolute atomic E-state index is 14.4. The van der Waals surface area contributed by atoms with Gasteiger partial charge >= 0.3 is 0 Å². The monoisotopic (exact) mass is 358 g/mol. The van der Waals surface area contributed by atoms with E-state index in [4.69, 9.17) is 32.7 Å². The molecule has 6 nitrogen and oxygen atoms in total. The lowest BCUT2D eigenvalue weighted by atomic mass is 10.2. The Balaban J connectivity index is 1.97. The molecule has 0 bridgehead atoms. The van der Waals surface area contributed by atoms with Gasteiger partial charge in [0.25, 0.3) is 0 Å². The summed E-state index contributed by atoms with van der Waals surface area (Å²) >= 11 is 11.9. The van der Waals surface area contributed by atoms with Crippen LogP contribution in [0, 0.1) is 5.82 Å². The van der Waals surface area contributed by atoms with Crippen LogP contribution in [0.4, 0.5) is 10.2 Å². The van der Waals surface area contributed by atoms with Crippen molar-refractivity contribution in [3.8, 4) is 5.88 Å². The van der Waals surface area contributed by atoms with Crippen LogP contribution >= 0.6 is 23.2 Å². The van der Waals surface area contributed by atoms with Crippen molar-refractivity contribution in [2.24, 2.45) is 0 Å². The molecule has 0 spiro atoms. The second-order valence-electron chi connectivity index (χ2n) is 5.50. The molecule has 0 aliphatic carbocycles. The van der Waals surface area contributed by atoms with Crippen molar-refractivity contribution < 1.29 is 13.9 Å². The minimum atomic E-state index is -0.721. The van der Waals surface area contributed by atoms with Gasteiger partial charge in [-0.1, -0.05) is 11.6 Å². The number of hydrogen-bond donors (Lipinski definition) is 0. The van der Waals surface area contributed by atoms with E-state index < -0.39 is 5.82 Å². The molecule has 2 aliphatic heterocycles. The summed E-state index contributed by atoms with van der Waals surface area (Å²) in [7, 11) is 0. The highest BCUT2D eigenvalue weighted by Gasteiger charge is 2.32. The van der Waals surface area contributed by atoms with Crippen molar-refractivity contribution in [2.45, 2.75) is 18.9 Å². The Hall–Kier alpha value is -1.44. The van der Waals surface area contributed by atoms with Crippen molar-refractivity contribution in [1.29, 1.82) is 0 Å². The van der Waals surface area contributed by atoms with Crippen LogP contribution < -0.4 is 9.64 Å². The summed E-state index contributed by atoms with van der Waals surface area (Å²) in [5.74, 6) is 0.0252. The first-order valence-electron chi connectivity index (χ1n) is 7.34. The third kappa shape index (κ3) is 2.56. The van der Waals surface area contributed by atoms with Gasteiger partial charge in [-0.2, -0.15) is 9.97 Å². The molecule has 0 amide bonds. The maximum Gasteiger partial charge on any atom is 0.228 e. The molecule has 0 unspecified atom stereocenters. The molecule has 4 rings (SSSR count). The molecule has 1 atom stereocenters. The average Bonchev–Trinajstić information content (AvgIpc) is 2.62. The predicted molar refractivity (Wildman–Crippen MR) is 84.0 cm³/mol. The number of anilines is 1. The summed E-state index contributed by atoms with van der Waals surface area (Å²) in [5.41, 5.74) is 0.0265. The molecular formula is C14H13Cl2FN4O2. The molecule has 4 heterocycles. The van der Waals surface area contributed by atoms with Crippen LogP contribution in [0.15, 0.2) is 0 Å². The number of ether oxygens (including phenoxy) is 2. The van der Waals surface area contributed by atoms with Gasteiger partial charge < -0.3 is 14.4 Å². The zero-order chi connectivity index (χ0) is 16.0. The highest BCUT2D eigenvalue weighted by Crippen LogP contribution is 2.38. The fourth-order valence-electron chi connectivity index (χ4n) is 2.95. The van der Waals surface area contributed by atoms with E-state index in [2.05, 4.69) is 15.0 Å². The Kier molecular flexibility index (Phi) is 3.87. The van der Waals surface area contributed by atoms with Crippen molar-refractivity contribution in [3.05, 3.63) is 16.3 Å². The second-order valence-corrected chi connectivity index (χ2v) is 6.20. The highest BCUT2D eigenvalue weighted by atomic mass is 35.5. The molecule has 23 heavy (non-hydrogen) atoms. The Morgan fingerprint density at radius 2 is 2.00 bits per heavy atom. The van der Waals surface area contributed by atoms with Gasteiger partial charge in [0.15, 0.2) is 11.0 Å². The van der Waals surface area contributed by atoms with E-state index in [-0.39, 0.29) is 27.9 Å². The smallest absolute Gasteiger partial charge is 0.228 e. The van der Waals surface area contributed by atoms with E-state index in [1.54, 1.807) is 0 Å². The van der Waals surface area contributed by atoms with Crippen molar-refractivity contribution in [1.82, 2.24) is 15.0 Å². The van der Waals surface area contributed by atoms with Crippen LogP contribution in [-0.4, -0.2) is 47.4 Å². The van der Waals surface area contributed by atoms with Crippen LogP contribution in [0.5, 0.6) is 5.88 Å². The van der Waals surface area contributed by atoms with E-state index in [0.717, 1.165) is 26.0 Å². The number of halogens is 3. The topological polar surface area (TPSA) is 60.4 Å². The summed E-state index contributed by atoms with van der Waals surface area (Å²) in [6.45, 7) is 2.31. The lowest BCUT2D eigenvalue weighted by Crippen LogP contribution is -2.44. The van der Waals surface area contributed by atoms with E-state index in [9.17, 15) is 4.39 Å². The van der Waals surface area contributed by atoms with Gasteiger partial charge in [-0.05, 0) is 24.4 Å². The summed E-state index contributed by atoms with van der Waals surface area (Å²) < 4.78 is 25.8. The third-order valence-corrected chi connectivity index (χ3v) is 4.46. The SMILES string of the molecule is Fc1c(Cl)nc2c3c(nc(Cl)nc13)N1CCCCOC[C@H]1CO2. The van der Waals surface area contributed by atoms with Gasteiger partial charge in [-0.3, -0.25) is 0 Å². The van der Waals surface area contributed by atoms with Gasteiger partial charge in [0.1, 0.15) is 23.3 Å². The molecule has 0 saturated carbocycles. The van der Waals surface area contributed by atoms with E-state index in [1.807, 2.05) is 4.90 Å². The molecule has 9 heteroatoms. The Morgan fingerprint density at radius 1 is 1.13 bits per heavy atom. The van der Waals surface area contributed by atoms with Gasteiger partial charge in [-0.15, -0.1) is 0 Å². The van der Waals surface area contributed by atoms with Crippen molar-refractivity contribution in [3.63, 3.8) is 0 Å². The summed E-state index contributed by atoms with van der Waals surface area (Å²) in [6.07, 6.45) is 1.88. The molecule has 0 aromatic carbocycles. The molecule has 0 radical (unpaired) electrons. The quantitative estimate of drug-likeness (QED) is 0.533. The zero-order valence-electron chi connectivity index (χ0n) is 12.1. The van der Waals surface area contributed by atoms with Crippen LogP contribution in [0.2, 0.25) is 10.4 Å². The number of pyridine rings is 1. The van der Waals surface area contributed by atoms with Crippen molar-refractivity contribution >= 4 is 39.9 Å². The summed E-state index contributed by atoms with van der Waals surface area (Å²) in [4.78, 5) is 14.3. The maximum atomic E-state index is 14.4. The van der Waals surface area contributed by atoms with E-state index in [1.165, 1.54) is 0 Å². The molecule has 2 aromatic rings. The largest absolute Gasteiger partial charge is 0.475 e. The number of rotatable bonds is 0. The number of nitrogens with zero attached hydrogens (tertiary/aromatic N) is 4. The van der Waals surface area contributed by atoms with Crippen LogP contribution in [0.1, 0.15) is 12.8 Å². The molecular weight excluding hydrogens is 346 g/mol. The van der Waals surface area contributed by atoms with Gasteiger partial charge in [-0.25, -0.2) is 9.37 Å². The van der Waals surface area contributed by atoms with E-state index in [0.29, 0.717) is 24.4 Å². The fraction of sp³-hybridized carbons (Fsp3) is 0.500. The number of aromatic nitrogens is 3. The van der Waals surface area contributed by atoms with Gasteiger partial charge in [0, 0.05) is 13.2 Å². The Bertz CT molecular complexity index is 776. The highest BCUT2D eigenvalue weighted by molar-refractivity contribution is 6.31. The molecule has 2 aliphatic rings. The first-order valence-corrected chi connectivity index (χ1v) is 8.10. The second kappa shape index (κ2) is 5.89. The summed E-state index contributed by atoms with van der Waals surface area (Å²) in [5, 5.41) is 0.0707. The minimum absolute atomic E-state index is 0.0265. The molecule has 0 N–H and O–H groups in total. The van der Waals surface area contributed by atoms with Gasteiger partial charge in [0.2, 0.25) is 11.2 Å². The molecule has 122 valence electrons. The van der Waals surface area contributed by atoms with Crippen molar-refractivity contribution in [2.75, 3.05) is 31.3 Å². The number of hydrogen-bond acceptors (Lipinski definition) is 6. The molecule has 2 aromatic heterocycles. The summed E-state index contributed by atoms with van der Waals surface area (Å²) in [6, 6.07) is -0.0551. The van der Waals surface area contributed by atoms with E-state index >= 15 is 0 Å². The minimum Gasteiger partial charge on any atom is -0.475 e. The third-order valence-electron chi connectivity index (χ3n) is 4.04. The van der Waals surface area contributed by atoms with Crippen LogP contribution in [0.3, 0.4) is 0 Å².